The minimum absolute atomic E-state index is 0.0782. The van der Waals surface area contributed by atoms with Crippen molar-refractivity contribution in [2.24, 2.45) is 0 Å². The van der Waals surface area contributed by atoms with Crippen LogP contribution in [0.3, 0.4) is 0 Å². The summed E-state index contributed by atoms with van der Waals surface area (Å²) in [6, 6.07) is 4.12. The average molecular weight is 230 g/mol. The lowest BCUT2D eigenvalue weighted by Crippen LogP contribution is -2.08. The van der Waals surface area contributed by atoms with E-state index in [1.807, 2.05) is 0 Å². The third kappa shape index (κ3) is 2.44. The monoisotopic (exact) mass is 229 g/mol. The van der Waals surface area contributed by atoms with Crippen molar-refractivity contribution < 1.29 is 14.5 Å². The number of halogens is 1. The van der Waals surface area contributed by atoms with Crippen LogP contribution in [-0.2, 0) is 4.74 Å². The van der Waals surface area contributed by atoms with E-state index in [2.05, 4.69) is 4.74 Å². The van der Waals surface area contributed by atoms with Crippen LogP contribution in [0.25, 0.3) is 0 Å². The molecule has 5 nitrogen and oxygen atoms in total. The van der Waals surface area contributed by atoms with Gasteiger partial charge in [-0.1, -0.05) is 17.7 Å². The molecule has 0 saturated carbocycles. The number of rotatable bonds is 3. The van der Waals surface area contributed by atoms with Gasteiger partial charge in [0.05, 0.1) is 11.5 Å². The van der Waals surface area contributed by atoms with Gasteiger partial charge in [-0.05, 0) is 19.1 Å². The average Bonchev–Trinajstić information content (AvgIpc) is 2.17. The van der Waals surface area contributed by atoms with E-state index in [1.165, 1.54) is 18.2 Å². The molecule has 0 amide bonds. The van der Waals surface area contributed by atoms with E-state index in [-0.39, 0.29) is 17.2 Å². The van der Waals surface area contributed by atoms with Gasteiger partial charge in [-0.3, -0.25) is 10.1 Å². The van der Waals surface area contributed by atoms with Crippen LogP contribution in [0.1, 0.15) is 17.3 Å². The first-order valence-electron chi connectivity index (χ1n) is 4.18. The maximum atomic E-state index is 11.3. The SMILES string of the molecule is CCOC(=O)c1cccc(Cl)c1[N+](=O)[O-]. The fourth-order valence-corrected chi connectivity index (χ4v) is 1.32. The zero-order valence-electron chi connectivity index (χ0n) is 7.90. The van der Waals surface area contributed by atoms with Crippen LogP contribution in [-0.4, -0.2) is 17.5 Å². The zero-order valence-corrected chi connectivity index (χ0v) is 8.65. The van der Waals surface area contributed by atoms with Gasteiger partial charge in [-0.15, -0.1) is 0 Å². The van der Waals surface area contributed by atoms with E-state index < -0.39 is 16.6 Å². The first kappa shape index (κ1) is 11.5. The highest BCUT2D eigenvalue weighted by atomic mass is 35.5. The minimum atomic E-state index is -0.744. The molecule has 0 unspecified atom stereocenters. The molecule has 0 N–H and O–H groups in total. The van der Waals surface area contributed by atoms with Crippen LogP contribution in [0.15, 0.2) is 18.2 Å². The van der Waals surface area contributed by atoms with E-state index in [4.69, 9.17) is 11.6 Å². The summed E-state index contributed by atoms with van der Waals surface area (Å²) < 4.78 is 4.67. The summed E-state index contributed by atoms with van der Waals surface area (Å²) in [4.78, 5) is 21.3. The molecular weight excluding hydrogens is 222 g/mol. The van der Waals surface area contributed by atoms with Crippen LogP contribution in [0.2, 0.25) is 5.02 Å². The van der Waals surface area contributed by atoms with E-state index in [9.17, 15) is 14.9 Å². The number of ether oxygens (including phenoxy) is 1. The second kappa shape index (κ2) is 4.75. The second-order valence-corrected chi connectivity index (χ2v) is 3.02. The number of benzene rings is 1. The maximum Gasteiger partial charge on any atom is 0.345 e. The Balaban J connectivity index is 3.23. The largest absolute Gasteiger partial charge is 0.462 e. The first-order valence-corrected chi connectivity index (χ1v) is 4.55. The van der Waals surface area contributed by atoms with Crippen LogP contribution < -0.4 is 0 Å². The van der Waals surface area contributed by atoms with Crippen LogP contribution in [0, 0.1) is 10.1 Å². The number of nitrogens with zero attached hydrogens (tertiary/aromatic N) is 1. The highest BCUT2D eigenvalue weighted by Gasteiger charge is 2.24. The Hall–Kier alpha value is -1.62. The lowest BCUT2D eigenvalue weighted by atomic mass is 10.2. The smallest absolute Gasteiger partial charge is 0.345 e. The molecule has 1 aromatic rings. The number of esters is 1. The van der Waals surface area contributed by atoms with Crippen molar-refractivity contribution in [1.29, 1.82) is 0 Å². The summed E-state index contributed by atoms with van der Waals surface area (Å²) in [7, 11) is 0. The Labute approximate surface area is 90.8 Å². The van der Waals surface area contributed by atoms with Crippen molar-refractivity contribution in [3.63, 3.8) is 0 Å². The topological polar surface area (TPSA) is 69.4 Å². The summed E-state index contributed by atoms with van der Waals surface area (Å²) in [6.07, 6.45) is 0. The lowest BCUT2D eigenvalue weighted by Gasteiger charge is -2.03. The Kier molecular flexibility index (Phi) is 3.62. The highest BCUT2D eigenvalue weighted by Crippen LogP contribution is 2.28. The van der Waals surface area contributed by atoms with Crippen molar-refractivity contribution in [3.05, 3.63) is 38.9 Å². The zero-order chi connectivity index (χ0) is 11.4. The van der Waals surface area contributed by atoms with Gasteiger partial charge in [0.25, 0.3) is 0 Å². The van der Waals surface area contributed by atoms with Crippen molar-refractivity contribution in [2.75, 3.05) is 6.61 Å². The summed E-state index contributed by atoms with van der Waals surface area (Å²) in [5.41, 5.74) is -0.549. The Bertz CT molecular complexity index is 405. The van der Waals surface area contributed by atoms with Gasteiger partial charge in [-0.25, -0.2) is 4.79 Å². The van der Waals surface area contributed by atoms with Gasteiger partial charge in [0.1, 0.15) is 10.6 Å². The number of nitro groups is 1. The molecule has 0 atom stereocenters. The molecule has 0 aromatic heterocycles. The number of carbonyl (C=O) groups is 1. The molecule has 1 aromatic carbocycles. The molecule has 0 bridgehead atoms. The Morgan fingerprint density at radius 1 is 1.60 bits per heavy atom. The Morgan fingerprint density at radius 3 is 2.80 bits per heavy atom. The van der Waals surface area contributed by atoms with Gasteiger partial charge >= 0.3 is 11.7 Å². The number of para-hydroxylation sites is 1. The van der Waals surface area contributed by atoms with Crippen molar-refractivity contribution in [3.8, 4) is 0 Å². The molecule has 0 aliphatic heterocycles. The molecule has 0 radical (unpaired) electrons. The number of nitro benzene ring substituents is 1. The maximum absolute atomic E-state index is 11.3. The van der Waals surface area contributed by atoms with Gasteiger partial charge in [0, 0.05) is 0 Å². The van der Waals surface area contributed by atoms with Gasteiger partial charge in [-0.2, -0.15) is 0 Å². The lowest BCUT2D eigenvalue weighted by molar-refractivity contribution is -0.385. The molecule has 0 heterocycles. The molecule has 0 aliphatic carbocycles. The summed E-state index contributed by atoms with van der Waals surface area (Å²) in [6.45, 7) is 1.77. The van der Waals surface area contributed by atoms with Crippen LogP contribution in [0.4, 0.5) is 5.69 Å². The minimum Gasteiger partial charge on any atom is -0.462 e. The molecule has 1 rings (SSSR count). The van der Waals surface area contributed by atoms with E-state index in [0.717, 1.165) is 0 Å². The Morgan fingerprint density at radius 2 is 2.27 bits per heavy atom. The molecule has 15 heavy (non-hydrogen) atoms. The number of hydrogen-bond acceptors (Lipinski definition) is 4. The standard InChI is InChI=1S/C9H8ClNO4/c1-2-15-9(12)6-4-3-5-7(10)8(6)11(13)14/h3-5H,2H2,1H3. The third-order valence-corrected chi connectivity index (χ3v) is 1.97. The molecule has 0 saturated heterocycles. The molecular formula is C9H8ClNO4. The van der Waals surface area contributed by atoms with E-state index in [1.54, 1.807) is 6.92 Å². The van der Waals surface area contributed by atoms with Crippen LogP contribution >= 0.6 is 11.6 Å². The molecule has 0 spiro atoms. The van der Waals surface area contributed by atoms with E-state index in [0.29, 0.717) is 0 Å². The molecule has 0 fully saturated rings. The van der Waals surface area contributed by atoms with Crippen LogP contribution in [0.5, 0.6) is 0 Å². The first-order chi connectivity index (χ1) is 7.07. The fourth-order valence-electron chi connectivity index (χ4n) is 1.07. The fraction of sp³-hybridized carbons (Fsp3) is 0.222. The van der Waals surface area contributed by atoms with Crippen molar-refractivity contribution >= 4 is 23.3 Å². The number of hydrogen-bond donors (Lipinski definition) is 0. The highest BCUT2D eigenvalue weighted by molar-refractivity contribution is 6.33. The van der Waals surface area contributed by atoms with Crippen molar-refractivity contribution in [1.82, 2.24) is 0 Å². The normalized spacial score (nSPS) is 9.73. The summed E-state index contributed by atoms with van der Waals surface area (Å²) in [5, 5.41) is 10.6. The quantitative estimate of drug-likeness (QED) is 0.453. The summed E-state index contributed by atoms with van der Waals surface area (Å²) in [5.74, 6) is -0.744. The van der Waals surface area contributed by atoms with Gasteiger partial charge < -0.3 is 4.74 Å². The van der Waals surface area contributed by atoms with Crippen molar-refractivity contribution in [2.45, 2.75) is 6.92 Å². The van der Waals surface area contributed by atoms with E-state index >= 15 is 0 Å². The number of carbonyl (C=O) groups excluding carboxylic acids is 1. The second-order valence-electron chi connectivity index (χ2n) is 2.61. The summed E-state index contributed by atoms with van der Waals surface area (Å²) >= 11 is 5.62. The third-order valence-electron chi connectivity index (χ3n) is 1.66. The van der Waals surface area contributed by atoms with Gasteiger partial charge in [0.15, 0.2) is 0 Å². The predicted molar refractivity (Wildman–Crippen MR) is 54.1 cm³/mol. The molecule has 0 aliphatic rings. The van der Waals surface area contributed by atoms with Gasteiger partial charge in [0.2, 0.25) is 0 Å². The predicted octanol–water partition coefficient (Wildman–Crippen LogP) is 2.42. The molecule has 80 valence electrons. The molecule has 6 heteroatoms.